The molecule has 0 radical (unpaired) electrons. The van der Waals surface area contributed by atoms with Crippen molar-refractivity contribution in [2.24, 2.45) is 5.92 Å². The van der Waals surface area contributed by atoms with Crippen LogP contribution >= 0.6 is 0 Å². The molecule has 0 bridgehead atoms. The van der Waals surface area contributed by atoms with Crippen LogP contribution in [0, 0.1) is 5.92 Å². The van der Waals surface area contributed by atoms with Gasteiger partial charge in [0.05, 0.1) is 30.3 Å². The Labute approximate surface area is 244 Å². The van der Waals surface area contributed by atoms with Crippen molar-refractivity contribution < 1.29 is 19.1 Å². The first-order chi connectivity index (χ1) is 20.1. The van der Waals surface area contributed by atoms with Gasteiger partial charge in [-0.3, -0.25) is 20.0 Å². The van der Waals surface area contributed by atoms with Crippen molar-refractivity contribution in [1.29, 1.82) is 0 Å². The third-order valence-corrected chi connectivity index (χ3v) is 7.40. The molecule has 0 aliphatic carbocycles. The largest absolute Gasteiger partial charge is 0.450 e. The molecule has 2 aliphatic heterocycles. The van der Waals surface area contributed by atoms with Crippen LogP contribution in [0.4, 0.5) is 10.7 Å². The summed E-state index contributed by atoms with van der Waals surface area (Å²) in [5.41, 5.74) is 4.89. The van der Waals surface area contributed by atoms with Crippen molar-refractivity contribution in [3.8, 4) is 22.5 Å². The highest BCUT2D eigenvalue weighted by molar-refractivity contribution is 5.96. The van der Waals surface area contributed by atoms with Crippen molar-refractivity contribution in [2.75, 3.05) is 51.3 Å². The van der Waals surface area contributed by atoms with E-state index in [4.69, 9.17) is 14.5 Å². The van der Waals surface area contributed by atoms with E-state index in [9.17, 15) is 9.59 Å². The number of anilines is 1. The quantitative estimate of drug-likeness (QED) is 0.337. The molecule has 2 fully saturated rings. The lowest BCUT2D eigenvalue weighted by atomic mass is 10.0. The van der Waals surface area contributed by atoms with Gasteiger partial charge in [-0.25, -0.2) is 19.7 Å². The molecule has 12 nitrogen and oxygen atoms in total. The smallest absolute Gasteiger partial charge is 0.413 e. The van der Waals surface area contributed by atoms with Crippen LogP contribution in [-0.2, 0) is 20.8 Å². The summed E-state index contributed by atoms with van der Waals surface area (Å²) in [5.74, 6) is 1.05. The summed E-state index contributed by atoms with van der Waals surface area (Å²) in [5, 5.41) is 2.63. The molecule has 2 aliphatic rings. The zero-order chi connectivity index (χ0) is 28.2. The van der Waals surface area contributed by atoms with E-state index in [2.05, 4.69) is 30.2 Å². The fourth-order valence-corrected chi connectivity index (χ4v) is 5.25. The summed E-state index contributed by atoms with van der Waals surface area (Å²) in [4.78, 5) is 50.3. The molecule has 4 aromatic rings. The fraction of sp³-hybridized carbons (Fsp3) is 0.400. The van der Waals surface area contributed by atoms with Gasteiger partial charge in [0.25, 0.3) is 0 Å². The minimum absolute atomic E-state index is 0. The maximum atomic E-state index is 12.7. The summed E-state index contributed by atoms with van der Waals surface area (Å²) < 4.78 is 10.4. The summed E-state index contributed by atoms with van der Waals surface area (Å²) in [7, 11) is 0. The zero-order valence-corrected chi connectivity index (χ0v) is 22.9. The van der Waals surface area contributed by atoms with Gasteiger partial charge in [0.1, 0.15) is 5.52 Å². The standard InChI is InChI=1S/C29H32N8O4.CH4/c1-2-41-29(39)35-28-33-24-15-21(14-23(25(24)34-28)26-30-7-3-8-31-26)19-4-5-22(32-16-19)17-36-9-11-37(12-10-36)27(38)20-6-13-40-18-20;/h3-5,7-8,14-16,20H,2,6,9-13,17-18H2,1H3,(H2,33,34,35,39);1H4. The molecule has 12 heteroatoms. The van der Waals surface area contributed by atoms with Crippen LogP contribution in [0.25, 0.3) is 33.5 Å². The molecule has 0 spiro atoms. The molecule has 0 saturated carbocycles. The number of benzene rings is 1. The molecule has 1 unspecified atom stereocenters. The Kier molecular flexibility index (Phi) is 9.03. The number of hydrogen-bond acceptors (Lipinski definition) is 9. The van der Waals surface area contributed by atoms with Gasteiger partial charge in [0.15, 0.2) is 5.82 Å². The number of aromatic nitrogens is 5. The van der Waals surface area contributed by atoms with Crippen LogP contribution in [-0.4, -0.2) is 92.7 Å². The summed E-state index contributed by atoms with van der Waals surface area (Å²) in [6.07, 6.45) is 5.47. The van der Waals surface area contributed by atoms with Crippen LogP contribution in [0.1, 0.15) is 26.5 Å². The second-order valence-corrected chi connectivity index (χ2v) is 10.1. The Bertz CT molecular complexity index is 1510. The first kappa shape index (κ1) is 29.1. The van der Waals surface area contributed by atoms with Crippen molar-refractivity contribution >= 4 is 29.0 Å². The Morgan fingerprint density at radius 2 is 1.90 bits per heavy atom. The van der Waals surface area contributed by atoms with Crippen molar-refractivity contribution in [1.82, 2.24) is 34.7 Å². The zero-order valence-electron chi connectivity index (χ0n) is 22.9. The molecule has 2 N–H and O–H groups in total. The van der Waals surface area contributed by atoms with E-state index in [0.717, 1.165) is 67.0 Å². The predicted molar refractivity (Wildman–Crippen MR) is 159 cm³/mol. The highest BCUT2D eigenvalue weighted by Gasteiger charge is 2.30. The Balaban J connectivity index is 0.00000353. The van der Waals surface area contributed by atoms with Gasteiger partial charge in [-0.15, -0.1) is 0 Å². The van der Waals surface area contributed by atoms with Crippen molar-refractivity contribution in [3.63, 3.8) is 0 Å². The second-order valence-electron chi connectivity index (χ2n) is 10.1. The van der Waals surface area contributed by atoms with Crippen molar-refractivity contribution in [3.05, 3.63) is 54.6 Å². The molecule has 2 amide bonds. The lowest BCUT2D eigenvalue weighted by Crippen LogP contribution is -2.50. The number of carbonyl (C=O) groups is 2. The third-order valence-electron chi connectivity index (χ3n) is 7.40. The highest BCUT2D eigenvalue weighted by atomic mass is 16.5. The lowest BCUT2D eigenvalue weighted by molar-refractivity contribution is -0.137. The van der Waals surface area contributed by atoms with Gasteiger partial charge >= 0.3 is 6.09 Å². The van der Waals surface area contributed by atoms with Gasteiger partial charge < -0.3 is 19.4 Å². The Morgan fingerprint density at radius 3 is 2.60 bits per heavy atom. The molecule has 220 valence electrons. The van der Waals surface area contributed by atoms with Gasteiger partial charge in [-0.05, 0) is 43.2 Å². The maximum Gasteiger partial charge on any atom is 0.413 e. The number of fused-ring (bicyclic) bond motifs is 1. The molecule has 1 aromatic carbocycles. The highest BCUT2D eigenvalue weighted by Crippen LogP contribution is 2.32. The number of aromatic amines is 1. The van der Waals surface area contributed by atoms with Crippen LogP contribution in [0.2, 0.25) is 0 Å². The minimum Gasteiger partial charge on any atom is -0.450 e. The molecule has 5 heterocycles. The molecule has 3 aromatic heterocycles. The number of ether oxygens (including phenoxy) is 2. The van der Waals surface area contributed by atoms with Gasteiger partial charge in [-0.2, -0.15) is 0 Å². The van der Waals surface area contributed by atoms with E-state index >= 15 is 0 Å². The van der Waals surface area contributed by atoms with Crippen LogP contribution < -0.4 is 5.32 Å². The number of nitrogens with one attached hydrogen (secondary N) is 2. The third kappa shape index (κ3) is 6.39. The average molecular weight is 573 g/mol. The summed E-state index contributed by atoms with van der Waals surface area (Å²) in [6, 6.07) is 9.79. The molecule has 42 heavy (non-hydrogen) atoms. The van der Waals surface area contributed by atoms with E-state index in [-0.39, 0.29) is 31.8 Å². The monoisotopic (exact) mass is 572 g/mol. The summed E-state index contributed by atoms with van der Waals surface area (Å²) in [6.45, 7) is 7.06. The Morgan fingerprint density at radius 1 is 1.10 bits per heavy atom. The number of rotatable bonds is 7. The minimum atomic E-state index is -0.583. The number of piperazine rings is 1. The van der Waals surface area contributed by atoms with Crippen molar-refractivity contribution in [2.45, 2.75) is 27.3 Å². The molecule has 1 atom stereocenters. The van der Waals surface area contributed by atoms with E-state index in [1.807, 2.05) is 35.4 Å². The number of pyridine rings is 1. The summed E-state index contributed by atoms with van der Waals surface area (Å²) >= 11 is 0. The average Bonchev–Trinajstić information content (AvgIpc) is 3.68. The lowest BCUT2D eigenvalue weighted by Gasteiger charge is -2.35. The SMILES string of the molecule is C.CCOC(=O)Nc1nc2c(-c3ncccn3)cc(-c3ccc(CN4CCN(C(=O)C5CCOC5)CC4)nc3)cc2[nH]1. The topological polar surface area (TPSA) is 138 Å². The van der Waals surface area contributed by atoms with E-state index in [1.54, 1.807) is 25.4 Å². The van der Waals surface area contributed by atoms with E-state index < -0.39 is 6.09 Å². The first-order valence-corrected chi connectivity index (χ1v) is 13.9. The van der Waals surface area contributed by atoms with Gasteiger partial charge in [0, 0.05) is 69.0 Å². The second kappa shape index (κ2) is 13.0. The van der Waals surface area contributed by atoms with Crippen LogP contribution in [0.5, 0.6) is 0 Å². The number of nitrogens with zero attached hydrogens (tertiary/aromatic N) is 6. The van der Waals surface area contributed by atoms with E-state index in [0.29, 0.717) is 24.6 Å². The number of amides is 2. The number of imidazole rings is 1. The number of carbonyl (C=O) groups excluding carboxylic acids is 2. The normalized spacial score (nSPS) is 17.2. The molecular weight excluding hydrogens is 536 g/mol. The first-order valence-electron chi connectivity index (χ1n) is 13.9. The number of H-pyrrole nitrogens is 1. The van der Waals surface area contributed by atoms with E-state index in [1.165, 1.54) is 0 Å². The molecule has 2 saturated heterocycles. The fourth-order valence-electron chi connectivity index (χ4n) is 5.25. The predicted octanol–water partition coefficient (Wildman–Crippen LogP) is 3.97. The van der Waals surface area contributed by atoms with Crippen LogP contribution in [0.3, 0.4) is 0 Å². The number of hydrogen-bond donors (Lipinski definition) is 2. The maximum absolute atomic E-state index is 12.7. The molecular formula is C30H36N8O4. The van der Waals surface area contributed by atoms with Gasteiger partial charge in [-0.1, -0.05) is 13.5 Å². The Hall–Kier alpha value is -4.42. The van der Waals surface area contributed by atoms with Crippen LogP contribution in [0.15, 0.2) is 48.9 Å². The molecule has 6 rings (SSSR count). The van der Waals surface area contributed by atoms with Gasteiger partial charge in [0.2, 0.25) is 11.9 Å².